The van der Waals surface area contributed by atoms with Crippen molar-refractivity contribution < 1.29 is 0 Å². The minimum atomic E-state index is -0.154. The van der Waals surface area contributed by atoms with Gasteiger partial charge in [0.05, 0.1) is 11.9 Å². The summed E-state index contributed by atoms with van der Waals surface area (Å²) in [5, 5.41) is 4.70. The van der Waals surface area contributed by atoms with Gasteiger partial charge in [0, 0.05) is 6.20 Å². The van der Waals surface area contributed by atoms with Gasteiger partial charge in [-0.15, -0.1) is 0 Å². The molecule has 0 unspecified atom stereocenters. The van der Waals surface area contributed by atoms with Crippen molar-refractivity contribution >= 4 is 11.0 Å². The summed E-state index contributed by atoms with van der Waals surface area (Å²) in [6.45, 7) is 0. The molecule has 0 saturated heterocycles. The predicted molar refractivity (Wildman–Crippen MR) is 82.3 cm³/mol. The molecule has 6 heteroatoms. The van der Waals surface area contributed by atoms with E-state index in [0.717, 1.165) is 5.69 Å². The summed E-state index contributed by atoms with van der Waals surface area (Å²) in [4.78, 5) is 21.2. The van der Waals surface area contributed by atoms with Crippen molar-refractivity contribution in [3.63, 3.8) is 0 Å². The van der Waals surface area contributed by atoms with Crippen molar-refractivity contribution in [2.45, 2.75) is 0 Å². The van der Waals surface area contributed by atoms with Gasteiger partial charge in [-0.05, 0) is 24.3 Å². The minimum absolute atomic E-state index is 0.154. The molecule has 0 aliphatic rings. The highest BCUT2D eigenvalue weighted by Gasteiger charge is 2.12. The molecule has 0 bridgehead atoms. The highest BCUT2D eigenvalue weighted by Crippen LogP contribution is 2.12. The lowest BCUT2D eigenvalue weighted by molar-refractivity contribution is 0.856. The molecule has 0 saturated carbocycles. The summed E-state index contributed by atoms with van der Waals surface area (Å²) in [5.74, 6) is 0.627. The maximum Gasteiger partial charge on any atom is 0.269 e. The number of fused-ring (bicyclic) bond motifs is 1. The van der Waals surface area contributed by atoms with Crippen LogP contribution in [0.25, 0.3) is 22.5 Å². The van der Waals surface area contributed by atoms with Gasteiger partial charge < -0.3 is 0 Å². The van der Waals surface area contributed by atoms with Gasteiger partial charge in [0.2, 0.25) is 0 Å². The molecule has 0 atom stereocenters. The Morgan fingerprint density at radius 2 is 1.73 bits per heavy atom. The summed E-state index contributed by atoms with van der Waals surface area (Å²) in [6.07, 6.45) is 4.72. The zero-order valence-electron chi connectivity index (χ0n) is 11.5. The average molecular weight is 289 g/mol. The first-order valence-electron chi connectivity index (χ1n) is 6.77. The highest BCUT2D eigenvalue weighted by molar-refractivity contribution is 5.75. The number of rotatable bonds is 2. The third kappa shape index (κ3) is 1.89. The van der Waals surface area contributed by atoms with Crippen molar-refractivity contribution in [2.24, 2.45) is 0 Å². The van der Waals surface area contributed by atoms with Gasteiger partial charge in [-0.3, -0.25) is 9.36 Å². The topological polar surface area (TPSA) is 65.6 Å². The molecule has 3 aromatic heterocycles. The lowest BCUT2D eigenvalue weighted by Crippen LogP contribution is -2.18. The second-order valence-electron chi connectivity index (χ2n) is 4.74. The van der Waals surface area contributed by atoms with Crippen molar-refractivity contribution in [2.75, 3.05) is 0 Å². The molecule has 0 amide bonds. The van der Waals surface area contributed by atoms with Gasteiger partial charge in [-0.2, -0.15) is 9.78 Å². The normalized spacial score (nSPS) is 10.9. The van der Waals surface area contributed by atoms with Crippen LogP contribution >= 0.6 is 0 Å². The molecule has 6 nitrogen and oxygen atoms in total. The van der Waals surface area contributed by atoms with Crippen molar-refractivity contribution in [1.29, 1.82) is 0 Å². The fourth-order valence-corrected chi connectivity index (χ4v) is 2.33. The van der Waals surface area contributed by atoms with E-state index in [4.69, 9.17) is 0 Å². The Kier molecular flexibility index (Phi) is 2.79. The van der Waals surface area contributed by atoms with E-state index in [2.05, 4.69) is 15.1 Å². The van der Waals surface area contributed by atoms with E-state index in [1.807, 2.05) is 48.5 Å². The first kappa shape index (κ1) is 12.5. The molecule has 22 heavy (non-hydrogen) atoms. The maximum atomic E-state index is 12.6. The Bertz CT molecular complexity index is 989. The Morgan fingerprint density at radius 3 is 2.50 bits per heavy atom. The van der Waals surface area contributed by atoms with Crippen LogP contribution in [-0.4, -0.2) is 24.3 Å². The molecule has 0 spiro atoms. The highest BCUT2D eigenvalue weighted by atomic mass is 16.1. The number of benzene rings is 1. The molecule has 106 valence electrons. The van der Waals surface area contributed by atoms with Gasteiger partial charge in [0.15, 0.2) is 11.5 Å². The number of nitrogens with zero attached hydrogens (tertiary/aromatic N) is 5. The third-order valence-electron chi connectivity index (χ3n) is 3.39. The summed E-state index contributed by atoms with van der Waals surface area (Å²) in [6, 6.07) is 14.9. The van der Waals surface area contributed by atoms with Crippen LogP contribution in [0.15, 0.2) is 72.0 Å². The van der Waals surface area contributed by atoms with Gasteiger partial charge >= 0.3 is 0 Å². The van der Waals surface area contributed by atoms with Crippen LogP contribution in [0.2, 0.25) is 0 Å². The fourth-order valence-electron chi connectivity index (χ4n) is 2.33. The standard InChI is InChI=1S/C16H11N5O/c22-16-13-10-19-21(14-8-4-5-9-17-14)15(13)18-11-20(16)12-6-2-1-3-7-12/h1-11H. The Labute approximate surface area is 125 Å². The summed E-state index contributed by atoms with van der Waals surface area (Å²) in [7, 11) is 0. The molecule has 0 radical (unpaired) electrons. The molecule has 4 rings (SSSR count). The van der Waals surface area contributed by atoms with Gasteiger partial charge in [-0.1, -0.05) is 24.3 Å². The van der Waals surface area contributed by atoms with Gasteiger partial charge in [-0.25, -0.2) is 9.97 Å². The van der Waals surface area contributed by atoms with Gasteiger partial charge in [0.1, 0.15) is 11.7 Å². The van der Waals surface area contributed by atoms with Crippen LogP contribution in [0.1, 0.15) is 0 Å². The molecule has 1 aromatic carbocycles. The number of hydrogen-bond donors (Lipinski definition) is 0. The first-order chi connectivity index (χ1) is 10.8. The van der Waals surface area contributed by atoms with Crippen LogP contribution in [-0.2, 0) is 0 Å². The summed E-state index contributed by atoms with van der Waals surface area (Å²) < 4.78 is 3.07. The van der Waals surface area contributed by atoms with E-state index in [-0.39, 0.29) is 5.56 Å². The molecule has 0 fully saturated rings. The number of pyridine rings is 1. The Balaban J connectivity index is 1.94. The summed E-state index contributed by atoms with van der Waals surface area (Å²) >= 11 is 0. The molecule has 4 aromatic rings. The molecule has 0 aliphatic heterocycles. The smallest absolute Gasteiger partial charge is 0.268 e. The Hall–Kier alpha value is -3.28. The zero-order chi connectivity index (χ0) is 14.9. The quantitative estimate of drug-likeness (QED) is 0.566. The SMILES string of the molecule is O=c1c2cnn(-c3ccccn3)c2ncn1-c1ccccc1. The van der Waals surface area contributed by atoms with Crippen LogP contribution in [0.5, 0.6) is 0 Å². The maximum absolute atomic E-state index is 12.6. The number of aromatic nitrogens is 5. The van der Waals surface area contributed by atoms with Crippen molar-refractivity contribution in [1.82, 2.24) is 24.3 Å². The van der Waals surface area contributed by atoms with E-state index in [0.29, 0.717) is 16.9 Å². The van der Waals surface area contributed by atoms with E-state index >= 15 is 0 Å². The number of hydrogen-bond acceptors (Lipinski definition) is 4. The molecule has 0 N–H and O–H groups in total. The molecular weight excluding hydrogens is 278 g/mol. The van der Waals surface area contributed by atoms with E-state index in [9.17, 15) is 4.79 Å². The van der Waals surface area contributed by atoms with Crippen LogP contribution in [0.3, 0.4) is 0 Å². The van der Waals surface area contributed by atoms with E-state index in [1.54, 1.807) is 10.9 Å². The van der Waals surface area contributed by atoms with Crippen molar-refractivity contribution in [3.8, 4) is 11.5 Å². The summed E-state index contributed by atoms with van der Waals surface area (Å²) in [5.41, 5.74) is 1.11. The van der Waals surface area contributed by atoms with Crippen LogP contribution < -0.4 is 5.56 Å². The minimum Gasteiger partial charge on any atom is -0.268 e. The predicted octanol–water partition coefficient (Wildman–Crippen LogP) is 1.97. The number of para-hydroxylation sites is 1. The van der Waals surface area contributed by atoms with Gasteiger partial charge in [0.25, 0.3) is 5.56 Å². The average Bonchev–Trinajstić information content (AvgIpc) is 3.02. The lowest BCUT2D eigenvalue weighted by Gasteiger charge is -2.05. The van der Waals surface area contributed by atoms with E-state index in [1.165, 1.54) is 17.1 Å². The monoisotopic (exact) mass is 289 g/mol. The second kappa shape index (κ2) is 4.92. The Morgan fingerprint density at radius 1 is 0.909 bits per heavy atom. The second-order valence-corrected chi connectivity index (χ2v) is 4.74. The molecule has 0 aliphatic carbocycles. The third-order valence-corrected chi connectivity index (χ3v) is 3.39. The largest absolute Gasteiger partial charge is 0.269 e. The molecule has 3 heterocycles. The first-order valence-corrected chi connectivity index (χ1v) is 6.77. The lowest BCUT2D eigenvalue weighted by atomic mass is 10.3. The van der Waals surface area contributed by atoms with E-state index < -0.39 is 0 Å². The zero-order valence-corrected chi connectivity index (χ0v) is 11.5. The van der Waals surface area contributed by atoms with Crippen LogP contribution in [0, 0.1) is 0 Å². The fraction of sp³-hybridized carbons (Fsp3) is 0. The molecular formula is C16H11N5O. The van der Waals surface area contributed by atoms with Crippen molar-refractivity contribution in [3.05, 3.63) is 77.6 Å². The van der Waals surface area contributed by atoms with Crippen LogP contribution in [0.4, 0.5) is 0 Å².